The van der Waals surface area contributed by atoms with E-state index in [0.29, 0.717) is 17.5 Å². The van der Waals surface area contributed by atoms with Crippen molar-refractivity contribution in [2.75, 3.05) is 0 Å². The van der Waals surface area contributed by atoms with Crippen molar-refractivity contribution < 1.29 is 0 Å². The molecule has 0 amide bonds. The topological polar surface area (TPSA) is 38.7 Å². The Morgan fingerprint density at radius 2 is 1.22 bits per heavy atom. The van der Waals surface area contributed by atoms with E-state index in [0.717, 1.165) is 27.6 Å². The number of rotatable bonds is 7. The van der Waals surface area contributed by atoms with Gasteiger partial charge in [-0.05, 0) is 64.1 Å². The van der Waals surface area contributed by atoms with Gasteiger partial charge in [-0.25, -0.2) is 15.0 Å². The van der Waals surface area contributed by atoms with Gasteiger partial charge in [0.2, 0.25) is 0 Å². The van der Waals surface area contributed by atoms with Crippen molar-refractivity contribution in [3.05, 3.63) is 168 Å². The summed E-state index contributed by atoms with van der Waals surface area (Å²) in [4.78, 5) is 16.6. The highest BCUT2D eigenvalue weighted by atomic mass is 32.1. The van der Waals surface area contributed by atoms with Crippen LogP contribution in [0.4, 0.5) is 0 Å². The third-order valence-corrected chi connectivity index (χ3v) is 10.6. The molecule has 0 N–H and O–H groups in total. The highest BCUT2D eigenvalue weighted by Crippen LogP contribution is 2.49. The minimum absolute atomic E-state index is 0.0652. The summed E-state index contributed by atoms with van der Waals surface area (Å²) in [6.45, 7) is 10.6. The number of hydrogen-bond acceptors (Lipinski definition) is 4. The van der Waals surface area contributed by atoms with Crippen LogP contribution in [-0.4, -0.2) is 15.0 Å². The lowest BCUT2D eigenvalue weighted by molar-refractivity contribution is 0.660. The van der Waals surface area contributed by atoms with Crippen molar-refractivity contribution >= 4 is 27.5 Å². The van der Waals surface area contributed by atoms with E-state index in [2.05, 4.69) is 137 Å². The molecule has 3 nitrogen and oxygen atoms in total. The number of aryl methyl sites for hydroxylation is 1. The number of fused-ring (bicyclic) bond motifs is 4. The molecule has 0 unspecified atom stereocenters. The number of benzene rings is 5. The molecular formula is C45H35N3S. The van der Waals surface area contributed by atoms with Gasteiger partial charge < -0.3 is 0 Å². The fourth-order valence-corrected chi connectivity index (χ4v) is 8.11. The predicted molar refractivity (Wildman–Crippen MR) is 208 cm³/mol. The maximum absolute atomic E-state index is 5.18. The predicted octanol–water partition coefficient (Wildman–Crippen LogP) is 12.1. The molecular weight excluding hydrogens is 615 g/mol. The Bertz CT molecular complexity index is 2450. The number of allylic oxidation sites excluding steroid dienone is 4. The van der Waals surface area contributed by atoms with Gasteiger partial charge >= 0.3 is 0 Å². The number of thiophene rings is 1. The summed E-state index contributed by atoms with van der Waals surface area (Å²) < 4.78 is 1.20. The molecule has 0 atom stereocenters. The summed E-state index contributed by atoms with van der Waals surface area (Å²) in [7, 11) is 0. The first-order chi connectivity index (χ1) is 23.9. The van der Waals surface area contributed by atoms with E-state index in [1.807, 2.05) is 30.4 Å². The lowest BCUT2D eigenvalue weighted by Gasteiger charge is -2.22. The van der Waals surface area contributed by atoms with Gasteiger partial charge in [0.05, 0.1) is 0 Å². The second-order valence-corrected chi connectivity index (χ2v) is 14.2. The monoisotopic (exact) mass is 649 g/mol. The van der Waals surface area contributed by atoms with Crippen molar-refractivity contribution in [1.29, 1.82) is 0 Å². The maximum Gasteiger partial charge on any atom is 0.164 e. The van der Waals surface area contributed by atoms with Crippen molar-refractivity contribution in [2.45, 2.75) is 26.2 Å². The molecule has 5 aromatic carbocycles. The van der Waals surface area contributed by atoms with Gasteiger partial charge in [-0.1, -0.05) is 148 Å². The van der Waals surface area contributed by atoms with E-state index in [1.165, 1.54) is 43.0 Å². The quantitative estimate of drug-likeness (QED) is 0.161. The summed E-state index contributed by atoms with van der Waals surface area (Å²) >= 11 is 1.79. The molecule has 0 saturated heterocycles. The van der Waals surface area contributed by atoms with E-state index in [4.69, 9.17) is 15.0 Å². The molecule has 0 saturated carbocycles. The zero-order valence-corrected chi connectivity index (χ0v) is 28.6. The first-order valence-electron chi connectivity index (χ1n) is 16.6. The Hall–Kier alpha value is -5.71. The molecule has 0 aliphatic heterocycles. The third-order valence-electron chi connectivity index (χ3n) is 9.51. The molecule has 0 bridgehead atoms. The Balaban J connectivity index is 1.27. The van der Waals surface area contributed by atoms with E-state index in [9.17, 15) is 0 Å². The van der Waals surface area contributed by atoms with Crippen LogP contribution in [-0.2, 0) is 5.41 Å². The minimum Gasteiger partial charge on any atom is -0.208 e. The van der Waals surface area contributed by atoms with Gasteiger partial charge in [0.25, 0.3) is 0 Å². The van der Waals surface area contributed by atoms with E-state index < -0.39 is 0 Å². The van der Waals surface area contributed by atoms with Gasteiger partial charge in [-0.15, -0.1) is 11.3 Å². The highest BCUT2D eigenvalue weighted by Gasteiger charge is 2.35. The molecule has 2 aromatic heterocycles. The summed E-state index contributed by atoms with van der Waals surface area (Å²) in [5.74, 6) is 1.96. The second kappa shape index (κ2) is 12.4. The standard InChI is InChI=1S/C45H35N3S/c1-5-6-7-11-20-34-29(2)49-40-24-15-22-37(41(34)40)44-47-42(30-16-9-8-10-17-30)46-43(48-44)33-19-14-18-31(27-33)32-25-26-36-35-21-12-13-23-38(35)45(3,4)39(36)28-32/h5-28H,1H2,2-4H3/b7-6+,20-11+. The zero-order valence-electron chi connectivity index (χ0n) is 27.8. The Labute approximate surface area is 291 Å². The van der Waals surface area contributed by atoms with Crippen LogP contribution in [0.2, 0.25) is 0 Å². The summed E-state index contributed by atoms with van der Waals surface area (Å²) in [6, 6.07) is 40.8. The fourth-order valence-electron chi connectivity index (χ4n) is 7.03. The average molecular weight is 650 g/mol. The van der Waals surface area contributed by atoms with Gasteiger partial charge in [0.1, 0.15) is 0 Å². The molecule has 1 aliphatic rings. The second-order valence-electron chi connectivity index (χ2n) is 12.9. The van der Waals surface area contributed by atoms with Gasteiger partial charge in [0.15, 0.2) is 17.5 Å². The van der Waals surface area contributed by atoms with Crippen LogP contribution in [0, 0.1) is 6.92 Å². The van der Waals surface area contributed by atoms with Crippen LogP contribution in [0.5, 0.6) is 0 Å². The first-order valence-corrected chi connectivity index (χ1v) is 17.4. The smallest absolute Gasteiger partial charge is 0.164 e. The maximum atomic E-state index is 5.18. The highest BCUT2D eigenvalue weighted by molar-refractivity contribution is 7.19. The Morgan fingerprint density at radius 1 is 0.571 bits per heavy atom. The molecule has 49 heavy (non-hydrogen) atoms. The first kappa shape index (κ1) is 30.6. The average Bonchev–Trinajstić information content (AvgIpc) is 3.59. The van der Waals surface area contributed by atoms with Crippen molar-refractivity contribution in [2.24, 2.45) is 0 Å². The van der Waals surface area contributed by atoms with Crippen LogP contribution < -0.4 is 0 Å². The van der Waals surface area contributed by atoms with Crippen LogP contribution in [0.15, 0.2) is 146 Å². The van der Waals surface area contributed by atoms with Crippen LogP contribution in [0.25, 0.3) is 72.6 Å². The van der Waals surface area contributed by atoms with Gasteiger partial charge in [-0.2, -0.15) is 0 Å². The molecule has 236 valence electrons. The normalized spacial score (nSPS) is 13.3. The number of hydrogen-bond donors (Lipinski definition) is 0. The Morgan fingerprint density at radius 3 is 2.06 bits per heavy atom. The van der Waals surface area contributed by atoms with E-state index in [-0.39, 0.29) is 5.41 Å². The lowest BCUT2D eigenvalue weighted by Crippen LogP contribution is -2.14. The fraction of sp³-hybridized carbons (Fsp3) is 0.0889. The zero-order chi connectivity index (χ0) is 33.5. The third kappa shape index (κ3) is 5.44. The van der Waals surface area contributed by atoms with E-state index in [1.54, 1.807) is 17.4 Å². The molecule has 7 aromatic rings. The minimum atomic E-state index is -0.0652. The molecule has 1 aliphatic carbocycles. The Kier molecular flexibility index (Phi) is 7.74. The summed E-state index contributed by atoms with van der Waals surface area (Å²) in [6.07, 6.45) is 9.94. The lowest BCUT2D eigenvalue weighted by atomic mass is 9.81. The summed E-state index contributed by atoms with van der Waals surface area (Å²) in [5.41, 5.74) is 11.7. The SMILES string of the molecule is C=C/C=C/C=C/c1c(C)sc2cccc(-c3nc(-c4ccccc4)nc(-c4cccc(-c5ccc6c(c5)C(C)(C)c5ccccc5-6)c4)n3)c12. The van der Waals surface area contributed by atoms with Crippen molar-refractivity contribution in [1.82, 2.24) is 15.0 Å². The van der Waals surface area contributed by atoms with Crippen LogP contribution in [0.3, 0.4) is 0 Å². The van der Waals surface area contributed by atoms with Gasteiger partial charge in [-0.3, -0.25) is 0 Å². The van der Waals surface area contributed by atoms with Crippen molar-refractivity contribution in [3.8, 4) is 56.4 Å². The molecule has 0 radical (unpaired) electrons. The molecule has 0 fully saturated rings. The van der Waals surface area contributed by atoms with E-state index >= 15 is 0 Å². The van der Waals surface area contributed by atoms with Crippen LogP contribution in [0.1, 0.15) is 35.4 Å². The molecule has 8 rings (SSSR count). The van der Waals surface area contributed by atoms with Crippen LogP contribution >= 0.6 is 11.3 Å². The molecule has 0 spiro atoms. The largest absolute Gasteiger partial charge is 0.208 e. The summed E-state index contributed by atoms with van der Waals surface area (Å²) in [5, 5.41) is 1.15. The number of aromatic nitrogens is 3. The van der Waals surface area contributed by atoms with Gasteiger partial charge in [0, 0.05) is 37.1 Å². The molecule has 2 heterocycles. The number of nitrogens with zero attached hydrogens (tertiary/aromatic N) is 3. The van der Waals surface area contributed by atoms with Crippen molar-refractivity contribution in [3.63, 3.8) is 0 Å². The molecule has 4 heteroatoms.